The van der Waals surface area contributed by atoms with Crippen LogP contribution < -0.4 is 23.5 Å². The van der Waals surface area contributed by atoms with Crippen molar-refractivity contribution in [3.05, 3.63) is 54.1 Å². The molecule has 1 atom stereocenters. The number of carbonyl (C=O) groups excluding carboxylic acids is 1. The second-order valence-corrected chi connectivity index (χ2v) is 14.1. The molecule has 6 nitrogen and oxygen atoms in total. The Kier molecular flexibility index (Phi) is 6.33. The number of ether oxygens (including phenoxy) is 3. The molecule has 2 aromatic rings. The number of hydrogen-bond donors (Lipinski definition) is 0. The van der Waals surface area contributed by atoms with E-state index in [1.807, 2.05) is 24.3 Å². The van der Waals surface area contributed by atoms with Crippen LogP contribution in [0, 0.1) is 0 Å². The van der Waals surface area contributed by atoms with Crippen molar-refractivity contribution in [3.8, 4) is 23.0 Å². The first-order valence-electron chi connectivity index (χ1n) is 10.6. The molecule has 0 radical (unpaired) electrons. The molecule has 0 aliphatic carbocycles. The Morgan fingerprint density at radius 2 is 1.56 bits per heavy atom. The monoisotopic (exact) mass is 455 g/mol. The minimum Gasteiger partial charge on any atom is -0.543 e. The number of methoxy groups -OCH3 is 3. The molecular weight excluding hydrogens is 422 g/mol. The van der Waals surface area contributed by atoms with Crippen LogP contribution >= 0.6 is 0 Å². The number of nitrogens with zero attached hydrogens (tertiary/aromatic N) is 1. The van der Waals surface area contributed by atoms with Gasteiger partial charge >= 0.3 is 0 Å². The first-order valence-corrected chi connectivity index (χ1v) is 13.5. The largest absolute Gasteiger partial charge is 0.543 e. The van der Waals surface area contributed by atoms with Crippen molar-refractivity contribution in [2.24, 2.45) is 0 Å². The summed E-state index contributed by atoms with van der Waals surface area (Å²) >= 11 is 0. The summed E-state index contributed by atoms with van der Waals surface area (Å²) in [5.74, 6) is 2.12. The zero-order chi connectivity index (χ0) is 23.8. The van der Waals surface area contributed by atoms with Crippen LogP contribution in [0.5, 0.6) is 23.0 Å². The van der Waals surface area contributed by atoms with E-state index in [1.165, 1.54) is 0 Å². The molecule has 1 saturated heterocycles. The molecule has 1 amide bonds. The lowest BCUT2D eigenvalue weighted by Gasteiger charge is -2.43. The third-order valence-electron chi connectivity index (χ3n) is 6.36. The number of amides is 1. The molecule has 1 heterocycles. The molecule has 0 saturated carbocycles. The van der Waals surface area contributed by atoms with Gasteiger partial charge in [0.1, 0.15) is 5.75 Å². The van der Waals surface area contributed by atoms with Crippen molar-refractivity contribution in [1.82, 2.24) is 0 Å². The van der Waals surface area contributed by atoms with Crippen molar-refractivity contribution >= 4 is 19.9 Å². The highest BCUT2D eigenvalue weighted by molar-refractivity contribution is 6.74. The maximum Gasteiger partial charge on any atom is 0.256 e. The van der Waals surface area contributed by atoms with E-state index >= 15 is 0 Å². The zero-order valence-corrected chi connectivity index (χ0v) is 21.2. The van der Waals surface area contributed by atoms with E-state index in [0.717, 1.165) is 11.3 Å². The minimum absolute atomic E-state index is 0.0846. The topological polar surface area (TPSA) is 57.2 Å². The molecule has 0 N–H and O–H groups in total. The van der Waals surface area contributed by atoms with Crippen LogP contribution in [0.3, 0.4) is 0 Å². The first kappa shape index (κ1) is 23.7. The Labute approximate surface area is 191 Å². The fourth-order valence-electron chi connectivity index (χ4n) is 3.50. The van der Waals surface area contributed by atoms with Crippen LogP contribution in [0.1, 0.15) is 32.4 Å². The fourth-order valence-corrected chi connectivity index (χ4v) is 4.52. The number of hydrogen-bond acceptors (Lipinski definition) is 5. The Bertz CT molecular complexity index is 1020. The Hall–Kier alpha value is -2.93. The highest BCUT2D eigenvalue weighted by Gasteiger charge is 2.44. The molecule has 1 aliphatic rings. The SMILES string of the molecule is C=C1C(=O)N(c2cc(OC)c(OC)c(OC)c2)C1c1cccc(O[Si](C)(C)C(C)(C)C)c1. The summed E-state index contributed by atoms with van der Waals surface area (Å²) in [6, 6.07) is 11.2. The van der Waals surface area contributed by atoms with Crippen LogP contribution in [0.2, 0.25) is 18.1 Å². The van der Waals surface area contributed by atoms with Gasteiger partial charge in [-0.1, -0.05) is 39.5 Å². The first-order chi connectivity index (χ1) is 14.9. The van der Waals surface area contributed by atoms with Gasteiger partial charge in [-0.05, 0) is 35.8 Å². The van der Waals surface area contributed by atoms with Gasteiger partial charge in [0, 0.05) is 17.7 Å². The van der Waals surface area contributed by atoms with E-state index in [4.69, 9.17) is 18.6 Å². The van der Waals surface area contributed by atoms with Gasteiger partial charge in [-0.25, -0.2) is 0 Å². The highest BCUT2D eigenvalue weighted by atomic mass is 28.4. The van der Waals surface area contributed by atoms with Crippen molar-refractivity contribution in [3.63, 3.8) is 0 Å². The van der Waals surface area contributed by atoms with Gasteiger partial charge in [-0.3, -0.25) is 9.69 Å². The zero-order valence-electron chi connectivity index (χ0n) is 20.2. The van der Waals surface area contributed by atoms with Gasteiger partial charge in [0.2, 0.25) is 14.1 Å². The second kappa shape index (κ2) is 8.54. The second-order valence-electron chi connectivity index (χ2n) is 9.42. The maximum absolute atomic E-state index is 12.8. The van der Waals surface area contributed by atoms with Gasteiger partial charge in [0.05, 0.1) is 33.1 Å². The fraction of sp³-hybridized carbons (Fsp3) is 0.400. The Morgan fingerprint density at radius 1 is 0.969 bits per heavy atom. The lowest BCUT2D eigenvalue weighted by atomic mass is 9.88. The molecule has 2 aromatic carbocycles. The lowest BCUT2D eigenvalue weighted by molar-refractivity contribution is -0.118. The number of rotatable bonds is 7. The molecule has 1 fully saturated rings. The summed E-state index contributed by atoms with van der Waals surface area (Å²) in [5.41, 5.74) is 2.13. The van der Waals surface area contributed by atoms with Crippen molar-refractivity contribution in [1.29, 1.82) is 0 Å². The molecule has 1 aliphatic heterocycles. The Balaban J connectivity index is 1.99. The summed E-state index contributed by atoms with van der Waals surface area (Å²) < 4.78 is 22.8. The lowest BCUT2D eigenvalue weighted by Crippen LogP contribution is -2.49. The standard InChI is InChI=1S/C25H33NO5Si/c1-16-22(17-11-10-12-19(13-17)31-32(8,9)25(2,3)4)26(24(16)27)18-14-20(28-5)23(30-7)21(15-18)29-6/h10-15,22H,1H2,2-9H3. The third-order valence-corrected chi connectivity index (χ3v) is 10.7. The molecule has 1 unspecified atom stereocenters. The smallest absolute Gasteiger partial charge is 0.256 e. The van der Waals surface area contributed by atoms with Crippen molar-refractivity contribution in [2.45, 2.75) is 44.9 Å². The third kappa shape index (κ3) is 4.09. The molecule has 3 rings (SSSR count). The van der Waals surface area contributed by atoms with E-state index < -0.39 is 8.32 Å². The normalized spacial score (nSPS) is 16.5. The molecule has 32 heavy (non-hydrogen) atoms. The van der Waals surface area contributed by atoms with E-state index in [1.54, 1.807) is 38.4 Å². The quantitative estimate of drug-likeness (QED) is 0.303. The van der Waals surface area contributed by atoms with E-state index in [0.29, 0.717) is 28.5 Å². The van der Waals surface area contributed by atoms with Crippen molar-refractivity contribution < 1.29 is 23.4 Å². The van der Waals surface area contributed by atoms with Gasteiger partial charge in [-0.2, -0.15) is 0 Å². The summed E-state index contributed by atoms with van der Waals surface area (Å²) in [6.45, 7) is 15.1. The minimum atomic E-state index is -1.99. The number of carbonyl (C=O) groups is 1. The van der Waals surface area contributed by atoms with E-state index in [-0.39, 0.29) is 17.0 Å². The predicted octanol–water partition coefficient (Wildman–Crippen LogP) is 5.74. The summed E-state index contributed by atoms with van der Waals surface area (Å²) in [5, 5.41) is 0.0846. The maximum atomic E-state index is 12.8. The van der Waals surface area contributed by atoms with Crippen LogP contribution in [-0.4, -0.2) is 35.6 Å². The molecule has 172 valence electrons. The number of anilines is 1. The van der Waals surface area contributed by atoms with Crippen LogP contribution in [-0.2, 0) is 4.79 Å². The average molecular weight is 456 g/mol. The Morgan fingerprint density at radius 3 is 2.06 bits per heavy atom. The van der Waals surface area contributed by atoms with Gasteiger partial charge in [0.25, 0.3) is 5.91 Å². The van der Waals surface area contributed by atoms with Gasteiger partial charge in [0.15, 0.2) is 11.5 Å². The number of benzene rings is 2. The summed E-state index contributed by atoms with van der Waals surface area (Å²) in [6.07, 6.45) is 0. The molecule has 7 heteroatoms. The van der Waals surface area contributed by atoms with Crippen LogP contribution in [0.25, 0.3) is 0 Å². The van der Waals surface area contributed by atoms with Crippen molar-refractivity contribution in [2.75, 3.05) is 26.2 Å². The van der Waals surface area contributed by atoms with E-state index in [9.17, 15) is 4.79 Å². The molecule has 0 spiro atoms. The molecular formula is C25H33NO5Si. The van der Waals surface area contributed by atoms with E-state index in [2.05, 4.69) is 40.4 Å². The van der Waals surface area contributed by atoms with Gasteiger partial charge < -0.3 is 18.6 Å². The number of β-lactam (4-membered cyclic amide) rings is 1. The summed E-state index contributed by atoms with van der Waals surface area (Å²) in [7, 11) is 2.66. The van der Waals surface area contributed by atoms with Crippen LogP contribution in [0.15, 0.2) is 48.6 Å². The van der Waals surface area contributed by atoms with Crippen LogP contribution in [0.4, 0.5) is 5.69 Å². The predicted molar refractivity (Wildman–Crippen MR) is 130 cm³/mol. The average Bonchev–Trinajstić information content (AvgIpc) is 2.74. The molecule has 0 bridgehead atoms. The highest BCUT2D eigenvalue weighted by Crippen LogP contribution is 2.48. The molecule has 0 aromatic heterocycles. The van der Waals surface area contributed by atoms with Gasteiger partial charge in [-0.15, -0.1) is 0 Å². The summed E-state index contributed by atoms with van der Waals surface area (Å²) in [4.78, 5) is 14.5.